The van der Waals surface area contributed by atoms with E-state index in [1.165, 1.54) is 30.0 Å². The zero-order valence-corrected chi connectivity index (χ0v) is 8.39. The van der Waals surface area contributed by atoms with Gasteiger partial charge in [0.15, 0.2) is 0 Å². The summed E-state index contributed by atoms with van der Waals surface area (Å²) in [7, 11) is 0. The summed E-state index contributed by atoms with van der Waals surface area (Å²) in [5.74, 6) is 3.18. The summed E-state index contributed by atoms with van der Waals surface area (Å²) in [6, 6.07) is 4.01. The largest absolute Gasteiger partial charge is 0.397 e. The molecule has 0 aliphatic carbocycles. The molecule has 1 aromatic rings. The lowest BCUT2D eigenvalue weighted by atomic mass is 10.0. The molecule has 0 radical (unpaired) electrons. The number of nitrogens with zero attached hydrogens (tertiary/aromatic N) is 1. The van der Waals surface area contributed by atoms with Crippen molar-refractivity contribution in [3.05, 3.63) is 24.0 Å². The Labute approximate surface area is 82.9 Å². The van der Waals surface area contributed by atoms with Crippen molar-refractivity contribution in [1.29, 1.82) is 0 Å². The maximum absolute atomic E-state index is 5.59. The normalized spacial score (nSPS) is 22.9. The summed E-state index contributed by atoms with van der Waals surface area (Å²) >= 11 is 2.03. The van der Waals surface area contributed by atoms with E-state index in [1.54, 1.807) is 6.20 Å². The van der Waals surface area contributed by atoms with Crippen LogP contribution in [-0.2, 0) is 0 Å². The van der Waals surface area contributed by atoms with Crippen molar-refractivity contribution in [3.63, 3.8) is 0 Å². The first kappa shape index (κ1) is 8.88. The lowest BCUT2D eigenvalue weighted by Gasteiger charge is -2.20. The van der Waals surface area contributed by atoms with Crippen LogP contribution in [-0.4, -0.2) is 16.5 Å². The first-order chi connectivity index (χ1) is 6.36. The summed E-state index contributed by atoms with van der Waals surface area (Å²) in [6.07, 6.45) is 4.36. The second-order valence-electron chi connectivity index (χ2n) is 3.43. The Balaban J connectivity index is 2.10. The molecule has 1 aliphatic rings. The third-order valence-electron chi connectivity index (χ3n) is 2.39. The van der Waals surface area contributed by atoms with Crippen LogP contribution in [0.1, 0.15) is 24.5 Å². The number of pyridine rings is 1. The number of nitrogen functional groups attached to an aromatic ring is 1. The van der Waals surface area contributed by atoms with E-state index in [1.807, 2.05) is 17.8 Å². The van der Waals surface area contributed by atoms with Crippen LogP contribution in [0.15, 0.2) is 18.3 Å². The van der Waals surface area contributed by atoms with Gasteiger partial charge in [-0.2, -0.15) is 11.8 Å². The molecule has 1 aromatic heterocycles. The Morgan fingerprint density at radius 2 is 2.38 bits per heavy atom. The maximum atomic E-state index is 5.59. The highest BCUT2D eigenvalue weighted by atomic mass is 32.2. The molecule has 0 bridgehead atoms. The minimum absolute atomic E-state index is 0.652. The molecule has 1 saturated heterocycles. The molecule has 0 saturated carbocycles. The second kappa shape index (κ2) is 4.01. The Hall–Kier alpha value is -0.700. The van der Waals surface area contributed by atoms with Gasteiger partial charge in [0.25, 0.3) is 0 Å². The van der Waals surface area contributed by atoms with Gasteiger partial charge in [-0.1, -0.05) is 0 Å². The van der Waals surface area contributed by atoms with Crippen molar-refractivity contribution >= 4 is 17.4 Å². The van der Waals surface area contributed by atoms with Gasteiger partial charge in [0, 0.05) is 17.4 Å². The van der Waals surface area contributed by atoms with Crippen LogP contribution >= 0.6 is 11.8 Å². The van der Waals surface area contributed by atoms with Gasteiger partial charge in [-0.05, 0) is 30.7 Å². The highest BCUT2D eigenvalue weighted by molar-refractivity contribution is 7.99. The SMILES string of the molecule is Nc1ccc(C2CCCSC2)nc1. The number of nitrogens with two attached hydrogens (primary N) is 1. The number of hydrogen-bond donors (Lipinski definition) is 1. The topological polar surface area (TPSA) is 38.9 Å². The van der Waals surface area contributed by atoms with Crippen molar-refractivity contribution in [3.8, 4) is 0 Å². The van der Waals surface area contributed by atoms with Gasteiger partial charge >= 0.3 is 0 Å². The van der Waals surface area contributed by atoms with E-state index in [0.29, 0.717) is 5.92 Å². The number of thioether (sulfide) groups is 1. The highest BCUT2D eigenvalue weighted by Gasteiger charge is 2.16. The Morgan fingerprint density at radius 1 is 1.46 bits per heavy atom. The molecule has 1 atom stereocenters. The molecule has 13 heavy (non-hydrogen) atoms. The number of rotatable bonds is 1. The zero-order valence-electron chi connectivity index (χ0n) is 7.57. The van der Waals surface area contributed by atoms with Gasteiger partial charge in [-0.25, -0.2) is 0 Å². The third-order valence-corrected chi connectivity index (χ3v) is 3.60. The molecule has 70 valence electrons. The average molecular weight is 194 g/mol. The van der Waals surface area contributed by atoms with Crippen LogP contribution in [0.25, 0.3) is 0 Å². The minimum atomic E-state index is 0.652. The monoisotopic (exact) mass is 194 g/mol. The van der Waals surface area contributed by atoms with E-state index < -0.39 is 0 Å². The summed E-state index contributed by atoms with van der Waals surface area (Å²) < 4.78 is 0. The molecule has 2 rings (SSSR count). The number of hydrogen-bond acceptors (Lipinski definition) is 3. The quantitative estimate of drug-likeness (QED) is 0.745. The lowest BCUT2D eigenvalue weighted by molar-refractivity contribution is 0.643. The predicted octanol–water partition coefficient (Wildman–Crippen LogP) is 2.27. The predicted molar refractivity (Wildman–Crippen MR) is 57.9 cm³/mol. The summed E-state index contributed by atoms with van der Waals surface area (Å²) in [6.45, 7) is 0. The molecule has 3 heteroatoms. The first-order valence-electron chi connectivity index (χ1n) is 4.65. The van der Waals surface area contributed by atoms with Gasteiger partial charge in [-0.3, -0.25) is 4.98 Å². The highest BCUT2D eigenvalue weighted by Crippen LogP contribution is 2.29. The molecule has 0 amide bonds. The van der Waals surface area contributed by atoms with E-state index in [-0.39, 0.29) is 0 Å². The molecule has 0 spiro atoms. The Kier molecular flexibility index (Phi) is 2.74. The molecule has 1 fully saturated rings. The summed E-state index contributed by atoms with van der Waals surface area (Å²) in [5, 5.41) is 0. The molecular formula is C10H14N2S. The van der Waals surface area contributed by atoms with Crippen molar-refractivity contribution in [2.45, 2.75) is 18.8 Å². The Morgan fingerprint density at radius 3 is 3.00 bits per heavy atom. The van der Waals surface area contributed by atoms with Gasteiger partial charge in [-0.15, -0.1) is 0 Å². The first-order valence-corrected chi connectivity index (χ1v) is 5.81. The van der Waals surface area contributed by atoms with Crippen LogP contribution in [0.2, 0.25) is 0 Å². The number of anilines is 1. The molecule has 0 aromatic carbocycles. The fourth-order valence-electron chi connectivity index (χ4n) is 1.63. The summed E-state index contributed by atoms with van der Waals surface area (Å²) in [5.41, 5.74) is 7.55. The number of aromatic nitrogens is 1. The van der Waals surface area contributed by atoms with Crippen LogP contribution in [0.5, 0.6) is 0 Å². The third kappa shape index (κ3) is 2.15. The van der Waals surface area contributed by atoms with Crippen molar-refractivity contribution in [1.82, 2.24) is 4.98 Å². The fourth-order valence-corrected chi connectivity index (χ4v) is 2.79. The van der Waals surface area contributed by atoms with Crippen molar-refractivity contribution in [2.75, 3.05) is 17.2 Å². The van der Waals surface area contributed by atoms with Gasteiger partial charge in [0.05, 0.1) is 11.9 Å². The smallest absolute Gasteiger partial charge is 0.0501 e. The summed E-state index contributed by atoms with van der Waals surface area (Å²) in [4.78, 5) is 4.36. The standard InChI is InChI=1S/C10H14N2S/c11-9-3-4-10(12-6-9)8-2-1-5-13-7-8/h3-4,6,8H,1-2,5,7,11H2. The zero-order chi connectivity index (χ0) is 9.10. The molecule has 2 nitrogen and oxygen atoms in total. The Bertz CT molecular complexity index is 265. The lowest BCUT2D eigenvalue weighted by Crippen LogP contribution is -2.10. The van der Waals surface area contributed by atoms with Gasteiger partial charge in [0.1, 0.15) is 0 Å². The van der Waals surface area contributed by atoms with Crippen molar-refractivity contribution in [2.24, 2.45) is 0 Å². The van der Waals surface area contributed by atoms with Gasteiger partial charge < -0.3 is 5.73 Å². The van der Waals surface area contributed by atoms with E-state index in [9.17, 15) is 0 Å². The van der Waals surface area contributed by atoms with E-state index in [2.05, 4.69) is 11.1 Å². The molecule has 2 heterocycles. The average Bonchev–Trinajstić information content (AvgIpc) is 2.20. The molecular weight excluding hydrogens is 180 g/mol. The fraction of sp³-hybridized carbons (Fsp3) is 0.500. The van der Waals surface area contributed by atoms with E-state index in [0.717, 1.165) is 5.69 Å². The van der Waals surface area contributed by atoms with Crippen LogP contribution in [0, 0.1) is 0 Å². The second-order valence-corrected chi connectivity index (χ2v) is 4.58. The van der Waals surface area contributed by atoms with E-state index in [4.69, 9.17) is 5.73 Å². The molecule has 2 N–H and O–H groups in total. The van der Waals surface area contributed by atoms with Crippen molar-refractivity contribution < 1.29 is 0 Å². The molecule has 1 aliphatic heterocycles. The minimum Gasteiger partial charge on any atom is -0.397 e. The maximum Gasteiger partial charge on any atom is 0.0501 e. The van der Waals surface area contributed by atoms with Gasteiger partial charge in [0.2, 0.25) is 0 Å². The van der Waals surface area contributed by atoms with Crippen LogP contribution < -0.4 is 5.73 Å². The van der Waals surface area contributed by atoms with Crippen LogP contribution in [0.4, 0.5) is 5.69 Å². The van der Waals surface area contributed by atoms with Crippen LogP contribution in [0.3, 0.4) is 0 Å². The van der Waals surface area contributed by atoms with E-state index >= 15 is 0 Å². The molecule has 1 unspecified atom stereocenters.